The molecule has 28 heavy (non-hydrogen) atoms. The lowest BCUT2D eigenvalue weighted by atomic mass is 9.96. The van der Waals surface area contributed by atoms with Gasteiger partial charge in [0.1, 0.15) is 11.5 Å². The van der Waals surface area contributed by atoms with Crippen LogP contribution in [-0.4, -0.2) is 43.2 Å². The monoisotopic (exact) mass is 389 g/mol. The third-order valence-corrected chi connectivity index (χ3v) is 5.04. The standard InChI is InChI=1S/C21H24FNO5/c1-13-14(21(25)26)6-7-15(20(13)24)18-17(28-12-27-2)9-8-16(19(18)22)23-10-4-3-5-11-23/h6-9,24H,3-5,10-12H2,1-2H3,(H,25,26). The van der Waals surface area contributed by atoms with E-state index in [1.165, 1.54) is 26.2 Å². The van der Waals surface area contributed by atoms with Crippen molar-refractivity contribution in [2.24, 2.45) is 0 Å². The number of aromatic carboxylic acids is 1. The Bertz CT molecular complexity index is 878. The van der Waals surface area contributed by atoms with Crippen LogP contribution in [0.5, 0.6) is 11.5 Å². The molecular weight excluding hydrogens is 365 g/mol. The van der Waals surface area contributed by atoms with Crippen LogP contribution in [0.15, 0.2) is 24.3 Å². The van der Waals surface area contributed by atoms with Gasteiger partial charge in [-0.3, -0.25) is 0 Å². The van der Waals surface area contributed by atoms with Gasteiger partial charge < -0.3 is 24.6 Å². The van der Waals surface area contributed by atoms with Gasteiger partial charge in [-0.25, -0.2) is 9.18 Å². The number of aromatic hydroxyl groups is 1. The van der Waals surface area contributed by atoms with E-state index in [2.05, 4.69) is 0 Å². The highest BCUT2D eigenvalue weighted by atomic mass is 19.1. The number of nitrogens with zero attached hydrogens (tertiary/aromatic N) is 1. The number of rotatable bonds is 6. The fourth-order valence-electron chi connectivity index (χ4n) is 3.55. The lowest BCUT2D eigenvalue weighted by Gasteiger charge is -2.30. The van der Waals surface area contributed by atoms with Gasteiger partial charge in [-0.2, -0.15) is 0 Å². The van der Waals surface area contributed by atoms with Gasteiger partial charge in [-0.15, -0.1) is 0 Å². The molecule has 2 N–H and O–H groups in total. The summed E-state index contributed by atoms with van der Waals surface area (Å²) < 4.78 is 26.1. The van der Waals surface area contributed by atoms with Gasteiger partial charge in [0.15, 0.2) is 12.6 Å². The molecule has 0 aromatic heterocycles. The number of phenols is 1. The molecular formula is C21H24FNO5. The summed E-state index contributed by atoms with van der Waals surface area (Å²) in [6.07, 6.45) is 3.11. The molecule has 3 rings (SSSR count). The highest BCUT2D eigenvalue weighted by molar-refractivity contribution is 5.93. The molecule has 1 heterocycles. The zero-order chi connectivity index (χ0) is 20.3. The zero-order valence-electron chi connectivity index (χ0n) is 16.0. The Kier molecular flexibility index (Phi) is 6.04. The maximum atomic E-state index is 15.6. The minimum Gasteiger partial charge on any atom is -0.507 e. The van der Waals surface area contributed by atoms with Gasteiger partial charge in [-0.05, 0) is 50.5 Å². The van der Waals surface area contributed by atoms with Gasteiger partial charge in [0.2, 0.25) is 0 Å². The highest BCUT2D eigenvalue weighted by Gasteiger charge is 2.25. The Morgan fingerprint density at radius 1 is 1.18 bits per heavy atom. The summed E-state index contributed by atoms with van der Waals surface area (Å²) in [5.41, 5.74) is 0.861. The molecule has 150 valence electrons. The Balaban J connectivity index is 2.16. The molecule has 0 radical (unpaired) electrons. The molecule has 0 unspecified atom stereocenters. The van der Waals surface area contributed by atoms with E-state index in [0.29, 0.717) is 5.69 Å². The second kappa shape index (κ2) is 8.48. The van der Waals surface area contributed by atoms with Crippen LogP contribution in [0.3, 0.4) is 0 Å². The Labute approximate surface area is 163 Å². The molecule has 7 heteroatoms. The van der Waals surface area contributed by atoms with Crippen molar-refractivity contribution in [2.45, 2.75) is 26.2 Å². The largest absolute Gasteiger partial charge is 0.507 e. The molecule has 6 nitrogen and oxygen atoms in total. The quantitative estimate of drug-likeness (QED) is 0.722. The molecule has 0 amide bonds. The topological polar surface area (TPSA) is 79.2 Å². The van der Waals surface area contributed by atoms with E-state index in [0.717, 1.165) is 32.4 Å². The van der Waals surface area contributed by atoms with Gasteiger partial charge in [0, 0.05) is 31.3 Å². The lowest BCUT2D eigenvalue weighted by molar-refractivity contribution is 0.0513. The summed E-state index contributed by atoms with van der Waals surface area (Å²) in [4.78, 5) is 13.3. The molecule has 0 aliphatic carbocycles. The number of halogens is 1. The molecule has 1 saturated heterocycles. The lowest BCUT2D eigenvalue weighted by Crippen LogP contribution is -2.30. The third-order valence-electron chi connectivity index (χ3n) is 5.04. The smallest absolute Gasteiger partial charge is 0.336 e. The van der Waals surface area contributed by atoms with Crippen LogP contribution in [0.25, 0.3) is 11.1 Å². The molecule has 1 aliphatic rings. The van der Waals surface area contributed by atoms with Gasteiger partial charge in [-0.1, -0.05) is 0 Å². The number of benzene rings is 2. The summed E-state index contributed by atoms with van der Waals surface area (Å²) in [5, 5.41) is 19.9. The summed E-state index contributed by atoms with van der Waals surface area (Å²) in [7, 11) is 1.46. The van der Waals surface area contributed by atoms with Crippen molar-refractivity contribution in [1.82, 2.24) is 0 Å². The van der Waals surface area contributed by atoms with Crippen LogP contribution in [0.4, 0.5) is 10.1 Å². The molecule has 1 fully saturated rings. The SMILES string of the molecule is COCOc1ccc(N2CCCCC2)c(F)c1-c1ccc(C(=O)O)c(C)c1O. The number of carboxylic acid groups (broad SMARTS) is 1. The van der Waals surface area contributed by atoms with E-state index in [1.54, 1.807) is 12.1 Å². The van der Waals surface area contributed by atoms with Crippen LogP contribution in [0, 0.1) is 12.7 Å². The van der Waals surface area contributed by atoms with Crippen molar-refractivity contribution in [3.05, 3.63) is 41.2 Å². The molecule has 0 saturated carbocycles. The number of anilines is 1. The normalized spacial score (nSPS) is 14.2. The first kappa shape index (κ1) is 19.9. The van der Waals surface area contributed by atoms with E-state index in [9.17, 15) is 15.0 Å². The van der Waals surface area contributed by atoms with Crippen molar-refractivity contribution < 1.29 is 28.9 Å². The number of phenolic OH excluding ortho intramolecular Hbond substituents is 1. The van der Waals surface area contributed by atoms with Crippen LogP contribution < -0.4 is 9.64 Å². The highest BCUT2D eigenvalue weighted by Crippen LogP contribution is 2.43. The first-order valence-electron chi connectivity index (χ1n) is 9.21. The van der Waals surface area contributed by atoms with Crippen molar-refractivity contribution >= 4 is 11.7 Å². The van der Waals surface area contributed by atoms with Crippen molar-refractivity contribution in [3.8, 4) is 22.6 Å². The molecule has 1 aliphatic heterocycles. The number of carbonyl (C=O) groups is 1. The van der Waals surface area contributed by atoms with Crippen molar-refractivity contribution in [3.63, 3.8) is 0 Å². The first-order chi connectivity index (χ1) is 13.5. The van der Waals surface area contributed by atoms with E-state index >= 15 is 4.39 Å². The molecule has 2 aromatic carbocycles. The maximum Gasteiger partial charge on any atom is 0.336 e. The first-order valence-corrected chi connectivity index (χ1v) is 9.21. The van der Waals surface area contributed by atoms with Gasteiger partial charge in [0.25, 0.3) is 0 Å². The summed E-state index contributed by atoms with van der Waals surface area (Å²) >= 11 is 0. The number of carboxylic acids is 1. The summed E-state index contributed by atoms with van der Waals surface area (Å²) in [5.74, 6) is -1.72. The number of piperidine rings is 1. The minimum absolute atomic E-state index is 0.0341. The number of ether oxygens (including phenoxy) is 2. The second-order valence-electron chi connectivity index (χ2n) is 6.81. The molecule has 0 bridgehead atoms. The van der Waals surface area contributed by atoms with Gasteiger partial charge in [0.05, 0.1) is 16.8 Å². The number of hydrogen-bond donors (Lipinski definition) is 2. The fourth-order valence-corrected chi connectivity index (χ4v) is 3.55. The zero-order valence-corrected chi connectivity index (χ0v) is 16.0. The van der Waals surface area contributed by atoms with E-state index in [4.69, 9.17) is 9.47 Å². The van der Waals surface area contributed by atoms with Gasteiger partial charge >= 0.3 is 5.97 Å². The Hall–Kier alpha value is -2.80. The predicted octanol–water partition coefficient (Wildman–Crippen LogP) is 4.18. The minimum atomic E-state index is -1.15. The van der Waals surface area contributed by atoms with Crippen molar-refractivity contribution in [1.29, 1.82) is 0 Å². The molecule has 0 atom stereocenters. The Morgan fingerprint density at radius 3 is 2.54 bits per heavy atom. The third kappa shape index (κ3) is 3.75. The number of methoxy groups -OCH3 is 1. The molecule has 0 spiro atoms. The number of hydrogen-bond acceptors (Lipinski definition) is 5. The summed E-state index contributed by atoms with van der Waals surface area (Å²) in [6.45, 7) is 2.93. The van der Waals surface area contributed by atoms with Crippen LogP contribution in [0.1, 0.15) is 35.2 Å². The van der Waals surface area contributed by atoms with Crippen LogP contribution >= 0.6 is 0 Å². The van der Waals surface area contributed by atoms with Crippen LogP contribution in [0.2, 0.25) is 0 Å². The van der Waals surface area contributed by atoms with E-state index < -0.39 is 11.8 Å². The predicted molar refractivity (Wildman–Crippen MR) is 104 cm³/mol. The maximum absolute atomic E-state index is 15.6. The van der Waals surface area contributed by atoms with Crippen molar-refractivity contribution in [2.75, 3.05) is 31.9 Å². The average molecular weight is 389 g/mol. The Morgan fingerprint density at radius 2 is 1.89 bits per heavy atom. The van der Waals surface area contributed by atoms with E-state index in [-0.39, 0.29) is 40.5 Å². The second-order valence-corrected chi connectivity index (χ2v) is 6.81. The van der Waals surface area contributed by atoms with E-state index in [1.807, 2.05) is 4.90 Å². The van der Waals surface area contributed by atoms with Crippen LogP contribution in [-0.2, 0) is 4.74 Å². The summed E-state index contributed by atoms with van der Waals surface area (Å²) in [6, 6.07) is 6.09. The molecule has 2 aromatic rings. The average Bonchev–Trinajstić information content (AvgIpc) is 2.69. The fraction of sp³-hybridized carbons (Fsp3) is 0.381.